The zero-order valence-corrected chi connectivity index (χ0v) is 39.0. The molecule has 0 aromatic heterocycles. The maximum atomic E-state index is 13.1. The van der Waals surface area contributed by atoms with Crippen LogP contribution in [0.25, 0.3) is 0 Å². The van der Waals surface area contributed by atoms with Gasteiger partial charge in [0.1, 0.15) is 23.0 Å². The Balaban J connectivity index is 0.000000241. The van der Waals surface area contributed by atoms with Crippen molar-refractivity contribution < 1.29 is 39.6 Å². The number of benzene rings is 6. The molecule has 6 aromatic rings. The number of aromatic hydroxyl groups is 4. The third-order valence-corrected chi connectivity index (χ3v) is 11.3. The Hall–Kier alpha value is -6.80. The molecule has 0 radical (unpaired) electrons. The molecule has 0 unspecified atom stereocenters. The van der Waals surface area contributed by atoms with Crippen LogP contribution in [0.1, 0.15) is 169 Å². The summed E-state index contributed by atoms with van der Waals surface area (Å²) in [5, 5.41) is 41.3. The molecular weight excluding hydrogens is 801 g/mol. The lowest BCUT2D eigenvalue weighted by molar-refractivity contribution is 0.102. The van der Waals surface area contributed by atoms with Crippen LogP contribution in [0.5, 0.6) is 23.0 Å². The van der Waals surface area contributed by atoms with Crippen LogP contribution < -0.4 is 0 Å². The van der Waals surface area contributed by atoms with Crippen LogP contribution in [0.15, 0.2) is 121 Å². The molecule has 8 nitrogen and oxygen atoms in total. The van der Waals surface area contributed by atoms with Crippen molar-refractivity contribution in [3.8, 4) is 23.0 Å². The number of phenolic OH excluding ortho intramolecular Hbond substituents is 4. The predicted molar refractivity (Wildman–Crippen MR) is 254 cm³/mol. The van der Waals surface area contributed by atoms with Crippen molar-refractivity contribution >= 4 is 23.1 Å². The van der Waals surface area contributed by atoms with Crippen molar-refractivity contribution in [2.75, 3.05) is 0 Å². The van der Waals surface area contributed by atoms with Gasteiger partial charge in [-0.3, -0.25) is 19.2 Å². The zero-order chi connectivity index (χ0) is 47.7. The Bertz CT molecular complexity index is 2320. The minimum Gasteiger partial charge on any atom is -0.507 e. The van der Waals surface area contributed by atoms with Crippen molar-refractivity contribution in [1.29, 1.82) is 0 Å². The summed E-state index contributed by atoms with van der Waals surface area (Å²) in [4.78, 5) is 52.2. The third kappa shape index (κ3) is 11.0. The second kappa shape index (κ2) is 18.1. The molecule has 0 saturated heterocycles. The van der Waals surface area contributed by atoms with Gasteiger partial charge in [-0.25, -0.2) is 0 Å². The average Bonchev–Trinajstić information content (AvgIpc) is 3.22. The Morgan fingerprint density at radius 1 is 0.281 bits per heavy atom. The fourth-order valence-corrected chi connectivity index (χ4v) is 6.99. The van der Waals surface area contributed by atoms with E-state index in [1.165, 1.54) is 12.1 Å². The molecule has 64 heavy (non-hydrogen) atoms. The number of hydrogen-bond donors (Lipinski definition) is 4. The van der Waals surface area contributed by atoms with Gasteiger partial charge in [0, 0.05) is 34.4 Å². The number of ketones is 4. The Labute approximate surface area is 377 Å². The van der Waals surface area contributed by atoms with Crippen LogP contribution in [0.4, 0.5) is 0 Å². The minimum atomic E-state index is -0.417. The lowest BCUT2D eigenvalue weighted by atomic mass is 9.85. The number of hydrogen-bond acceptors (Lipinski definition) is 8. The molecule has 0 saturated carbocycles. The van der Waals surface area contributed by atoms with Gasteiger partial charge < -0.3 is 20.4 Å². The first kappa shape index (κ1) is 48.2. The molecule has 0 aliphatic carbocycles. The van der Waals surface area contributed by atoms with E-state index in [2.05, 4.69) is 83.1 Å². The largest absolute Gasteiger partial charge is 0.507 e. The molecule has 8 heteroatoms. The van der Waals surface area contributed by atoms with E-state index in [4.69, 9.17) is 0 Å². The first-order chi connectivity index (χ1) is 29.6. The van der Waals surface area contributed by atoms with E-state index in [0.717, 1.165) is 34.4 Å². The van der Waals surface area contributed by atoms with Gasteiger partial charge in [-0.1, -0.05) is 180 Å². The van der Waals surface area contributed by atoms with Gasteiger partial charge in [0.25, 0.3) is 0 Å². The summed E-state index contributed by atoms with van der Waals surface area (Å²) in [5.74, 6) is -3.14. The van der Waals surface area contributed by atoms with Crippen LogP contribution >= 0.6 is 0 Å². The van der Waals surface area contributed by atoms with E-state index in [0.29, 0.717) is 22.3 Å². The lowest BCUT2D eigenvalue weighted by Crippen LogP contribution is -2.12. The van der Waals surface area contributed by atoms with Crippen molar-refractivity contribution in [2.45, 2.75) is 105 Å². The Morgan fingerprint density at radius 3 is 0.578 bits per heavy atom. The second-order valence-electron chi connectivity index (χ2n) is 20.4. The van der Waals surface area contributed by atoms with Crippen molar-refractivity contribution in [2.24, 2.45) is 0 Å². The van der Waals surface area contributed by atoms with E-state index in [9.17, 15) is 39.6 Å². The lowest BCUT2D eigenvalue weighted by Gasteiger charge is -2.19. The van der Waals surface area contributed by atoms with Crippen LogP contribution in [0.3, 0.4) is 0 Å². The van der Waals surface area contributed by atoms with E-state index in [-0.39, 0.29) is 66.9 Å². The molecule has 0 fully saturated rings. The maximum absolute atomic E-state index is 13.1. The predicted octanol–water partition coefficient (Wildman–Crippen LogP) is 12.3. The van der Waals surface area contributed by atoms with Gasteiger partial charge in [-0.2, -0.15) is 0 Å². The van der Waals surface area contributed by atoms with Crippen molar-refractivity contribution in [1.82, 2.24) is 0 Å². The summed E-state index contributed by atoms with van der Waals surface area (Å²) < 4.78 is 0. The topological polar surface area (TPSA) is 149 Å². The van der Waals surface area contributed by atoms with Gasteiger partial charge >= 0.3 is 0 Å². The molecule has 0 heterocycles. The number of carbonyl (C=O) groups excluding carboxylic acids is 4. The summed E-state index contributed by atoms with van der Waals surface area (Å²) in [6.45, 7) is 25.0. The molecule has 6 rings (SSSR count). The molecule has 0 spiro atoms. The van der Waals surface area contributed by atoms with Crippen molar-refractivity contribution in [3.63, 3.8) is 0 Å². The van der Waals surface area contributed by atoms with Gasteiger partial charge in [-0.05, 0) is 56.0 Å². The highest BCUT2D eigenvalue weighted by atomic mass is 16.3. The normalized spacial score (nSPS) is 11.9. The maximum Gasteiger partial charge on any atom is 0.196 e. The summed E-state index contributed by atoms with van der Waals surface area (Å²) in [6.07, 6.45) is 0. The molecule has 6 aromatic carbocycles. The Kier molecular flexibility index (Phi) is 13.7. The van der Waals surface area contributed by atoms with Crippen molar-refractivity contribution in [3.05, 3.63) is 188 Å². The molecule has 0 amide bonds. The van der Waals surface area contributed by atoms with E-state index < -0.39 is 23.1 Å². The molecule has 0 bridgehead atoms. The van der Waals surface area contributed by atoms with Crippen LogP contribution in [0.2, 0.25) is 0 Å². The minimum absolute atomic E-state index is 0.0269. The fraction of sp³-hybridized carbons (Fsp3) is 0.286. The fourth-order valence-electron chi connectivity index (χ4n) is 6.99. The SMILES string of the molecule is CC(C)(C)c1ccc(C(=O)c2cc(C(=O)c3ccc(C(C)(C)C)cc3)c(O)cc2O)cc1.CC(C)(C)c1ccc(C(=O)c2cc(C(=O)c3ccc(C(C)(C)C)cc3)c(O)cc2O)cc1. The monoisotopic (exact) mass is 860 g/mol. The molecule has 0 atom stereocenters. The zero-order valence-electron chi connectivity index (χ0n) is 39.0. The van der Waals surface area contributed by atoms with Gasteiger partial charge in [0.2, 0.25) is 0 Å². The number of carbonyl (C=O) groups is 4. The number of rotatable bonds is 8. The highest BCUT2D eigenvalue weighted by molar-refractivity contribution is 6.16. The van der Waals surface area contributed by atoms with Gasteiger partial charge in [-0.15, -0.1) is 0 Å². The second-order valence-corrected chi connectivity index (χ2v) is 20.4. The molecule has 0 aliphatic heterocycles. The summed E-state index contributed by atoms with van der Waals surface area (Å²) in [5.41, 5.74) is 5.60. The quantitative estimate of drug-likeness (QED) is 0.111. The summed E-state index contributed by atoms with van der Waals surface area (Å²) in [6, 6.07) is 33.4. The first-order valence-electron chi connectivity index (χ1n) is 21.3. The van der Waals surface area contributed by atoms with Gasteiger partial charge in [0.05, 0.1) is 22.3 Å². The van der Waals surface area contributed by atoms with E-state index >= 15 is 0 Å². The third-order valence-electron chi connectivity index (χ3n) is 11.3. The molecule has 0 aliphatic rings. The number of phenols is 4. The van der Waals surface area contributed by atoms with E-state index in [1.807, 2.05) is 48.5 Å². The smallest absolute Gasteiger partial charge is 0.196 e. The van der Waals surface area contributed by atoms with Crippen LogP contribution in [0, 0.1) is 0 Å². The average molecular weight is 861 g/mol. The molecular formula is C56H60O8. The standard InChI is InChI=1S/2C28H30O4/c2*1-27(2,3)19-11-7-17(8-12-19)25(31)21-15-22(24(30)16-23(21)29)26(32)18-9-13-20(14-10-18)28(4,5)6/h2*7-16,29-30H,1-6H3. The van der Waals surface area contributed by atoms with Gasteiger partial charge in [0.15, 0.2) is 23.1 Å². The Morgan fingerprint density at radius 2 is 0.438 bits per heavy atom. The summed E-state index contributed by atoms with van der Waals surface area (Å²) in [7, 11) is 0. The highest BCUT2D eigenvalue weighted by Crippen LogP contribution is 2.34. The molecule has 4 N–H and O–H groups in total. The molecule has 332 valence electrons. The van der Waals surface area contributed by atoms with Crippen LogP contribution in [-0.4, -0.2) is 43.6 Å². The first-order valence-corrected chi connectivity index (χ1v) is 21.3. The summed E-state index contributed by atoms with van der Waals surface area (Å²) >= 11 is 0. The van der Waals surface area contributed by atoms with E-state index in [1.54, 1.807) is 48.5 Å². The highest BCUT2D eigenvalue weighted by Gasteiger charge is 2.25. The van der Waals surface area contributed by atoms with Crippen LogP contribution in [-0.2, 0) is 21.7 Å².